The van der Waals surface area contributed by atoms with Crippen molar-refractivity contribution >= 4 is 34.2 Å². The monoisotopic (exact) mass is 410 g/mol. The first-order valence-corrected chi connectivity index (χ1v) is 9.53. The average molecular weight is 410 g/mol. The number of aromatic carboxylic acids is 1. The summed E-state index contributed by atoms with van der Waals surface area (Å²) in [6.45, 7) is 0.487. The Bertz CT molecular complexity index is 1300. The van der Waals surface area contributed by atoms with Gasteiger partial charge in [0, 0.05) is 23.8 Å². The molecule has 0 unspecified atom stereocenters. The van der Waals surface area contributed by atoms with Crippen LogP contribution in [0, 0.1) is 11.3 Å². The molecule has 0 aliphatic rings. The third kappa shape index (κ3) is 4.57. The zero-order valence-corrected chi connectivity index (χ0v) is 16.4. The number of para-hydroxylation sites is 1. The second-order valence-corrected chi connectivity index (χ2v) is 6.79. The fourth-order valence-corrected chi connectivity index (χ4v) is 3.24. The molecule has 2 aromatic carbocycles. The van der Waals surface area contributed by atoms with E-state index in [1.54, 1.807) is 18.3 Å². The van der Waals surface area contributed by atoms with Crippen LogP contribution in [-0.2, 0) is 13.0 Å². The maximum atomic E-state index is 11.4. The number of carboxylic acid groups (broad SMARTS) is 1. The molecule has 0 fully saturated rings. The molecule has 0 amide bonds. The number of fused-ring (bicyclic) bond motifs is 1. The third-order valence-corrected chi connectivity index (χ3v) is 4.66. The third-order valence-electron chi connectivity index (χ3n) is 4.66. The van der Waals surface area contributed by atoms with Gasteiger partial charge in [-0.1, -0.05) is 18.2 Å². The Morgan fingerprint density at radius 2 is 1.90 bits per heavy atom. The molecular weight excluding hydrogens is 392 g/mol. The van der Waals surface area contributed by atoms with E-state index in [1.165, 1.54) is 12.4 Å². The first-order chi connectivity index (χ1) is 15.1. The minimum Gasteiger partial charge on any atom is -0.478 e. The molecule has 0 saturated heterocycles. The van der Waals surface area contributed by atoms with Crippen LogP contribution in [0.3, 0.4) is 0 Å². The van der Waals surface area contributed by atoms with E-state index in [1.807, 2.05) is 36.4 Å². The summed E-state index contributed by atoms with van der Waals surface area (Å²) < 4.78 is 0. The van der Waals surface area contributed by atoms with E-state index < -0.39 is 5.97 Å². The van der Waals surface area contributed by atoms with Crippen molar-refractivity contribution in [2.24, 2.45) is 0 Å². The minimum absolute atomic E-state index is 0.139. The van der Waals surface area contributed by atoms with Gasteiger partial charge < -0.3 is 15.7 Å². The lowest BCUT2D eigenvalue weighted by Crippen LogP contribution is -2.05. The van der Waals surface area contributed by atoms with Crippen molar-refractivity contribution in [2.75, 3.05) is 10.6 Å². The second-order valence-electron chi connectivity index (χ2n) is 6.79. The van der Waals surface area contributed by atoms with Gasteiger partial charge in [-0.15, -0.1) is 0 Å². The lowest BCUT2D eigenvalue weighted by Gasteiger charge is -2.11. The van der Waals surface area contributed by atoms with Crippen molar-refractivity contribution in [3.8, 4) is 6.07 Å². The topological polar surface area (TPSA) is 124 Å². The van der Waals surface area contributed by atoms with Gasteiger partial charge in [0.2, 0.25) is 0 Å². The quantitative estimate of drug-likeness (QED) is 0.415. The van der Waals surface area contributed by atoms with Crippen molar-refractivity contribution in [1.29, 1.82) is 5.26 Å². The Kier molecular flexibility index (Phi) is 5.67. The number of anilines is 3. The average Bonchev–Trinajstić information content (AvgIpc) is 2.78. The number of hydrogen-bond donors (Lipinski definition) is 3. The number of aromatic nitrogens is 3. The van der Waals surface area contributed by atoms with Crippen molar-refractivity contribution in [1.82, 2.24) is 15.0 Å². The fourth-order valence-electron chi connectivity index (χ4n) is 3.24. The SMILES string of the molecule is N#CCc1ccnc(Nc2cccc(CNc3ncnc4c(C(=O)O)cccc34)c2)c1. The van der Waals surface area contributed by atoms with Gasteiger partial charge in [-0.2, -0.15) is 5.26 Å². The molecule has 31 heavy (non-hydrogen) atoms. The molecule has 2 aromatic heterocycles. The zero-order valence-electron chi connectivity index (χ0n) is 16.4. The van der Waals surface area contributed by atoms with Crippen LogP contribution < -0.4 is 10.6 Å². The highest BCUT2D eigenvalue weighted by molar-refractivity contribution is 6.04. The molecule has 0 aliphatic carbocycles. The molecular formula is C23H18N6O2. The van der Waals surface area contributed by atoms with Gasteiger partial charge in [0.05, 0.1) is 23.6 Å². The second kappa shape index (κ2) is 8.88. The van der Waals surface area contributed by atoms with E-state index in [0.717, 1.165) is 16.8 Å². The van der Waals surface area contributed by atoms with Crippen molar-refractivity contribution in [3.63, 3.8) is 0 Å². The van der Waals surface area contributed by atoms with Crippen LogP contribution in [0.2, 0.25) is 0 Å². The molecule has 4 aromatic rings. The van der Waals surface area contributed by atoms with Crippen LogP contribution >= 0.6 is 0 Å². The molecule has 2 heterocycles. The number of nitrogens with one attached hydrogen (secondary N) is 2. The Balaban J connectivity index is 1.52. The number of nitrogens with zero attached hydrogens (tertiary/aromatic N) is 4. The number of carboxylic acids is 1. The van der Waals surface area contributed by atoms with Gasteiger partial charge in [0.25, 0.3) is 0 Å². The van der Waals surface area contributed by atoms with Gasteiger partial charge in [-0.3, -0.25) is 0 Å². The lowest BCUT2D eigenvalue weighted by atomic mass is 10.1. The largest absolute Gasteiger partial charge is 0.478 e. The van der Waals surface area contributed by atoms with E-state index in [0.29, 0.717) is 35.5 Å². The number of carbonyl (C=O) groups is 1. The van der Waals surface area contributed by atoms with Crippen molar-refractivity contribution in [2.45, 2.75) is 13.0 Å². The van der Waals surface area contributed by atoms with Crippen LogP contribution in [0.25, 0.3) is 10.9 Å². The molecule has 8 nitrogen and oxygen atoms in total. The molecule has 0 spiro atoms. The summed E-state index contributed by atoms with van der Waals surface area (Å²) in [6, 6.07) is 18.6. The van der Waals surface area contributed by atoms with E-state index in [4.69, 9.17) is 5.26 Å². The molecule has 0 atom stereocenters. The Hall–Kier alpha value is -4.51. The number of pyridine rings is 1. The molecule has 8 heteroatoms. The molecule has 152 valence electrons. The molecule has 0 saturated carbocycles. The minimum atomic E-state index is -1.03. The highest BCUT2D eigenvalue weighted by atomic mass is 16.4. The van der Waals surface area contributed by atoms with Crippen LogP contribution in [0.15, 0.2) is 67.1 Å². The Labute approximate surface area is 178 Å². The van der Waals surface area contributed by atoms with Crippen LogP contribution in [-0.4, -0.2) is 26.0 Å². The summed E-state index contributed by atoms with van der Waals surface area (Å²) in [7, 11) is 0. The van der Waals surface area contributed by atoms with Crippen molar-refractivity contribution < 1.29 is 9.90 Å². The molecule has 0 bridgehead atoms. The molecule has 0 aliphatic heterocycles. The fraction of sp³-hybridized carbons (Fsp3) is 0.0870. The molecule has 4 rings (SSSR count). The zero-order chi connectivity index (χ0) is 21.6. The number of benzene rings is 2. The predicted molar refractivity (Wildman–Crippen MR) is 117 cm³/mol. The van der Waals surface area contributed by atoms with E-state index >= 15 is 0 Å². The van der Waals surface area contributed by atoms with Gasteiger partial charge >= 0.3 is 5.97 Å². The summed E-state index contributed by atoms with van der Waals surface area (Å²) in [6.07, 6.45) is 3.36. The highest BCUT2D eigenvalue weighted by Gasteiger charge is 2.12. The summed E-state index contributed by atoms with van der Waals surface area (Å²) >= 11 is 0. The smallest absolute Gasteiger partial charge is 0.337 e. The maximum Gasteiger partial charge on any atom is 0.337 e. The molecule has 3 N–H and O–H groups in total. The normalized spacial score (nSPS) is 10.4. The van der Waals surface area contributed by atoms with Crippen molar-refractivity contribution in [3.05, 3.63) is 83.8 Å². The van der Waals surface area contributed by atoms with Gasteiger partial charge in [0.1, 0.15) is 18.0 Å². The maximum absolute atomic E-state index is 11.4. The highest BCUT2D eigenvalue weighted by Crippen LogP contribution is 2.23. The lowest BCUT2D eigenvalue weighted by molar-refractivity contribution is 0.0699. The van der Waals surface area contributed by atoms with E-state index in [2.05, 4.69) is 31.7 Å². The van der Waals surface area contributed by atoms with E-state index in [9.17, 15) is 9.90 Å². The summed E-state index contributed by atoms with van der Waals surface area (Å²) in [5.74, 6) is 0.208. The van der Waals surface area contributed by atoms with Gasteiger partial charge in [-0.25, -0.2) is 19.7 Å². The summed E-state index contributed by atoms with van der Waals surface area (Å²) in [5.41, 5.74) is 3.29. The Morgan fingerprint density at radius 3 is 2.74 bits per heavy atom. The predicted octanol–water partition coefficient (Wildman–Crippen LogP) is 4.14. The number of rotatable bonds is 7. The summed E-state index contributed by atoms with van der Waals surface area (Å²) in [5, 5.41) is 25.4. The van der Waals surface area contributed by atoms with Crippen LogP contribution in [0.1, 0.15) is 21.5 Å². The van der Waals surface area contributed by atoms with Gasteiger partial charge in [-0.05, 0) is 47.5 Å². The first kappa shape index (κ1) is 19.8. The van der Waals surface area contributed by atoms with E-state index in [-0.39, 0.29) is 5.56 Å². The van der Waals surface area contributed by atoms with Crippen LogP contribution in [0.4, 0.5) is 17.3 Å². The summed E-state index contributed by atoms with van der Waals surface area (Å²) in [4.78, 5) is 24.1. The first-order valence-electron chi connectivity index (χ1n) is 9.53. The number of nitriles is 1. The van der Waals surface area contributed by atoms with Crippen LogP contribution in [0.5, 0.6) is 0 Å². The number of hydrogen-bond acceptors (Lipinski definition) is 7. The van der Waals surface area contributed by atoms with Gasteiger partial charge in [0.15, 0.2) is 0 Å². The Morgan fingerprint density at radius 1 is 1.03 bits per heavy atom. The standard InChI is InChI=1S/C23H18N6O2/c24-9-7-15-8-10-25-20(12-15)29-17-4-1-3-16(11-17)13-26-22-18-5-2-6-19(23(30)31)21(18)27-14-28-22/h1-6,8,10-12,14H,7,13H2,(H,25,29)(H,30,31)(H,26,27,28). The molecule has 0 radical (unpaired) electrons.